The number of carbonyl (C=O) groups is 1. The van der Waals surface area contributed by atoms with E-state index in [9.17, 15) is 9.18 Å². The van der Waals surface area contributed by atoms with E-state index in [1.807, 2.05) is 6.07 Å². The number of hydrogen-bond donors (Lipinski definition) is 1. The van der Waals surface area contributed by atoms with Gasteiger partial charge in [0.15, 0.2) is 5.82 Å². The molecule has 21 heavy (non-hydrogen) atoms. The fourth-order valence-electron chi connectivity index (χ4n) is 2.28. The van der Waals surface area contributed by atoms with Gasteiger partial charge in [-0.25, -0.2) is 9.18 Å². The SMILES string of the molecule is CC(C)(C)OC(=O)N1CCc2c(cc(C#N)c(N)c2F)C1. The maximum atomic E-state index is 14.1. The molecule has 112 valence electrons. The summed E-state index contributed by atoms with van der Waals surface area (Å²) in [4.78, 5) is 13.6. The van der Waals surface area contributed by atoms with Crippen LogP contribution in [0.5, 0.6) is 0 Å². The number of carbonyl (C=O) groups excluding carboxylic acids is 1. The van der Waals surface area contributed by atoms with Gasteiger partial charge in [0, 0.05) is 13.1 Å². The lowest BCUT2D eigenvalue weighted by Gasteiger charge is -2.31. The lowest BCUT2D eigenvalue weighted by molar-refractivity contribution is 0.0223. The van der Waals surface area contributed by atoms with Crippen LogP contribution in [0.1, 0.15) is 37.5 Å². The first kappa shape index (κ1) is 15.1. The molecule has 0 saturated carbocycles. The van der Waals surface area contributed by atoms with E-state index in [0.29, 0.717) is 24.1 Å². The Morgan fingerprint density at radius 1 is 1.52 bits per heavy atom. The van der Waals surface area contributed by atoms with E-state index in [0.717, 1.165) is 0 Å². The zero-order valence-corrected chi connectivity index (χ0v) is 12.4. The van der Waals surface area contributed by atoms with Gasteiger partial charge in [0.1, 0.15) is 11.7 Å². The Balaban J connectivity index is 2.27. The molecule has 0 spiro atoms. The van der Waals surface area contributed by atoms with Crippen LogP contribution in [0.15, 0.2) is 6.07 Å². The third-order valence-electron chi connectivity index (χ3n) is 3.26. The highest BCUT2D eigenvalue weighted by molar-refractivity contribution is 5.69. The number of halogens is 1. The summed E-state index contributed by atoms with van der Waals surface area (Å²) in [5.41, 5.74) is 6.07. The molecule has 0 radical (unpaired) electrons. The van der Waals surface area contributed by atoms with Crippen LogP contribution in [0.4, 0.5) is 14.9 Å². The van der Waals surface area contributed by atoms with E-state index in [-0.39, 0.29) is 17.8 Å². The van der Waals surface area contributed by atoms with Crippen molar-refractivity contribution in [3.63, 3.8) is 0 Å². The molecule has 1 aromatic rings. The Kier molecular flexibility index (Phi) is 3.77. The number of benzene rings is 1. The van der Waals surface area contributed by atoms with E-state index in [1.54, 1.807) is 26.8 Å². The molecule has 5 nitrogen and oxygen atoms in total. The van der Waals surface area contributed by atoms with E-state index in [2.05, 4.69) is 0 Å². The third-order valence-corrected chi connectivity index (χ3v) is 3.26. The number of anilines is 1. The Labute approximate surface area is 123 Å². The van der Waals surface area contributed by atoms with Gasteiger partial charge in [-0.15, -0.1) is 0 Å². The molecule has 0 saturated heterocycles. The predicted octanol–water partition coefficient (Wildman–Crippen LogP) is 2.57. The number of hydrogen-bond acceptors (Lipinski definition) is 4. The fourth-order valence-corrected chi connectivity index (χ4v) is 2.28. The van der Waals surface area contributed by atoms with Crippen molar-refractivity contribution in [3.8, 4) is 6.07 Å². The van der Waals surface area contributed by atoms with Gasteiger partial charge in [0.2, 0.25) is 0 Å². The summed E-state index contributed by atoms with van der Waals surface area (Å²) < 4.78 is 19.4. The molecular weight excluding hydrogens is 273 g/mol. The van der Waals surface area contributed by atoms with Crippen molar-refractivity contribution in [2.75, 3.05) is 12.3 Å². The number of nitrogens with two attached hydrogens (primary N) is 1. The van der Waals surface area contributed by atoms with Crippen molar-refractivity contribution in [2.45, 2.75) is 39.3 Å². The largest absolute Gasteiger partial charge is 0.444 e. The van der Waals surface area contributed by atoms with E-state index in [4.69, 9.17) is 15.7 Å². The molecule has 6 heteroatoms. The highest BCUT2D eigenvalue weighted by Gasteiger charge is 2.28. The Morgan fingerprint density at radius 2 is 2.19 bits per heavy atom. The number of nitrogen functional groups attached to an aromatic ring is 1. The first-order valence-corrected chi connectivity index (χ1v) is 6.70. The zero-order chi connectivity index (χ0) is 15.8. The van der Waals surface area contributed by atoms with Gasteiger partial charge < -0.3 is 15.4 Å². The Morgan fingerprint density at radius 3 is 2.76 bits per heavy atom. The smallest absolute Gasteiger partial charge is 0.410 e. The van der Waals surface area contributed by atoms with Gasteiger partial charge in [0.05, 0.1) is 11.3 Å². The summed E-state index contributed by atoms with van der Waals surface area (Å²) in [6.07, 6.45) is -0.0834. The van der Waals surface area contributed by atoms with Crippen LogP contribution in [0, 0.1) is 17.1 Å². The van der Waals surface area contributed by atoms with E-state index < -0.39 is 17.5 Å². The van der Waals surface area contributed by atoms with Crippen molar-refractivity contribution < 1.29 is 13.9 Å². The van der Waals surface area contributed by atoms with Gasteiger partial charge in [0.25, 0.3) is 0 Å². The summed E-state index contributed by atoms with van der Waals surface area (Å²) in [6.45, 7) is 5.95. The second-order valence-corrected chi connectivity index (χ2v) is 6.05. The van der Waals surface area contributed by atoms with Crippen LogP contribution in [-0.2, 0) is 17.7 Å². The number of amides is 1. The average molecular weight is 291 g/mol. The molecule has 0 aliphatic carbocycles. The van der Waals surface area contributed by atoms with Crippen LogP contribution in [0.25, 0.3) is 0 Å². The predicted molar refractivity (Wildman–Crippen MR) is 75.9 cm³/mol. The van der Waals surface area contributed by atoms with Gasteiger partial charge in [-0.05, 0) is 44.4 Å². The van der Waals surface area contributed by atoms with Crippen molar-refractivity contribution >= 4 is 11.8 Å². The van der Waals surface area contributed by atoms with Crippen molar-refractivity contribution in [2.24, 2.45) is 0 Å². The summed E-state index contributed by atoms with van der Waals surface area (Å²) in [5, 5.41) is 8.97. The van der Waals surface area contributed by atoms with Crippen LogP contribution in [-0.4, -0.2) is 23.1 Å². The molecule has 1 heterocycles. The highest BCUT2D eigenvalue weighted by Crippen LogP contribution is 2.29. The molecule has 0 aromatic heterocycles. The van der Waals surface area contributed by atoms with Crippen LogP contribution in [0.2, 0.25) is 0 Å². The molecular formula is C15H18FN3O2. The maximum absolute atomic E-state index is 14.1. The van der Waals surface area contributed by atoms with Crippen LogP contribution >= 0.6 is 0 Å². The van der Waals surface area contributed by atoms with Gasteiger partial charge in [-0.1, -0.05) is 0 Å². The second kappa shape index (κ2) is 5.24. The molecule has 1 amide bonds. The molecule has 0 bridgehead atoms. The van der Waals surface area contributed by atoms with Gasteiger partial charge in [-0.2, -0.15) is 5.26 Å². The average Bonchev–Trinajstić information content (AvgIpc) is 2.40. The molecule has 1 aromatic carbocycles. The van der Waals surface area contributed by atoms with Gasteiger partial charge >= 0.3 is 6.09 Å². The van der Waals surface area contributed by atoms with E-state index in [1.165, 1.54) is 4.90 Å². The minimum absolute atomic E-state index is 0.0947. The zero-order valence-electron chi connectivity index (χ0n) is 12.4. The standard InChI is InChI=1S/C15H18FN3O2/c1-15(2,3)21-14(20)19-5-4-11-10(8-19)6-9(7-17)13(18)12(11)16/h6H,4-5,8,18H2,1-3H3. The lowest BCUT2D eigenvalue weighted by atomic mass is 9.95. The minimum Gasteiger partial charge on any atom is -0.444 e. The van der Waals surface area contributed by atoms with Gasteiger partial charge in [-0.3, -0.25) is 0 Å². The lowest BCUT2D eigenvalue weighted by Crippen LogP contribution is -2.40. The third kappa shape index (κ3) is 3.07. The number of rotatable bonds is 0. The first-order valence-electron chi connectivity index (χ1n) is 6.70. The minimum atomic E-state index is -0.582. The molecule has 0 atom stereocenters. The molecule has 2 rings (SSSR count). The fraction of sp³-hybridized carbons (Fsp3) is 0.467. The molecule has 0 fully saturated rings. The first-order chi connectivity index (χ1) is 9.73. The summed E-state index contributed by atoms with van der Waals surface area (Å²) in [7, 11) is 0. The number of fused-ring (bicyclic) bond motifs is 1. The second-order valence-electron chi connectivity index (χ2n) is 6.05. The van der Waals surface area contributed by atoms with Crippen molar-refractivity contribution in [1.29, 1.82) is 5.26 Å². The van der Waals surface area contributed by atoms with Crippen LogP contribution in [0.3, 0.4) is 0 Å². The summed E-state index contributed by atoms with van der Waals surface area (Å²) in [5.74, 6) is -0.548. The monoisotopic (exact) mass is 291 g/mol. The number of nitriles is 1. The number of nitrogens with zero attached hydrogens (tertiary/aromatic N) is 2. The maximum Gasteiger partial charge on any atom is 0.410 e. The Hall–Kier alpha value is -2.29. The molecule has 2 N–H and O–H groups in total. The van der Waals surface area contributed by atoms with Crippen molar-refractivity contribution in [1.82, 2.24) is 4.90 Å². The summed E-state index contributed by atoms with van der Waals surface area (Å²) >= 11 is 0. The number of ether oxygens (including phenoxy) is 1. The normalized spacial score (nSPS) is 14.3. The Bertz CT molecular complexity index is 629. The summed E-state index contributed by atoms with van der Waals surface area (Å²) in [6, 6.07) is 3.41. The van der Waals surface area contributed by atoms with Crippen LogP contribution < -0.4 is 5.73 Å². The topological polar surface area (TPSA) is 79.3 Å². The molecule has 1 aliphatic rings. The van der Waals surface area contributed by atoms with Crippen molar-refractivity contribution in [3.05, 3.63) is 28.6 Å². The van der Waals surface area contributed by atoms with E-state index >= 15 is 0 Å². The highest BCUT2D eigenvalue weighted by atomic mass is 19.1. The quantitative estimate of drug-likeness (QED) is 0.745. The molecule has 1 aliphatic heterocycles. The molecule has 0 unspecified atom stereocenters.